The highest BCUT2D eigenvalue weighted by atomic mass is 16.3. The molecule has 2 rings (SSSR count). The Morgan fingerprint density at radius 1 is 1.18 bits per heavy atom. The third-order valence-electron chi connectivity index (χ3n) is 4.20. The van der Waals surface area contributed by atoms with Gasteiger partial charge in [0, 0.05) is 44.0 Å². The molecule has 1 aliphatic heterocycles. The van der Waals surface area contributed by atoms with Gasteiger partial charge in [-0.2, -0.15) is 0 Å². The minimum atomic E-state index is -0.659. The number of hydrogen-bond acceptors (Lipinski definition) is 4. The number of benzene rings is 1. The van der Waals surface area contributed by atoms with Crippen LogP contribution in [0.4, 0.5) is 0 Å². The van der Waals surface area contributed by atoms with Crippen molar-refractivity contribution < 1.29 is 19.8 Å². The third-order valence-corrected chi connectivity index (χ3v) is 4.20. The monoisotopic (exact) mass is 305 g/mol. The van der Waals surface area contributed by atoms with Crippen LogP contribution in [0.3, 0.4) is 0 Å². The molecule has 1 amide bonds. The van der Waals surface area contributed by atoms with Crippen molar-refractivity contribution in [3.05, 3.63) is 35.9 Å². The molecule has 1 fully saturated rings. The van der Waals surface area contributed by atoms with Gasteiger partial charge in [-0.05, 0) is 12.8 Å². The average Bonchev–Trinajstić information content (AvgIpc) is 2.55. The topological polar surface area (TPSA) is 77.8 Å². The Morgan fingerprint density at radius 3 is 2.55 bits per heavy atom. The molecule has 0 aliphatic carbocycles. The van der Waals surface area contributed by atoms with Crippen molar-refractivity contribution in [2.45, 2.75) is 31.8 Å². The van der Waals surface area contributed by atoms with E-state index in [9.17, 15) is 14.7 Å². The maximum atomic E-state index is 12.1. The summed E-state index contributed by atoms with van der Waals surface area (Å²) in [6, 6.07) is 9.07. The summed E-state index contributed by atoms with van der Waals surface area (Å²) in [5.41, 5.74) is 0.675. The fourth-order valence-electron chi connectivity index (χ4n) is 2.75. The van der Waals surface area contributed by atoms with E-state index >= 15 is 0 Å². The summed E-state index contributed by atoms with van der Waals surface area (Å²) in [7, 11) is 0. The lowest BCUT2D eigenvalue weighted by Gasteiger charge is -2.35. The minimum absolute atomic E-state index is 0.0312. The Balaban J connectivity index is 1.73. The number of carbonyl (C=O) groups excluding carboxylic acids is 2. The van der Waals surface area contributed by atoms with Crippen LogP contribution in [0.5, 0.6) is 0 Å². The van der Waals surface area contributed by atoms with Crippen LogP contribution in [-0.4, -0.2) is 52.6 Å². The Hall–Kier alpha value is -1.72. The number of Topliss-reactive ketones (excluding diaryl/α,β-unsaturated/α-hetero) is 1. The molecular formula is C17H23NO4. The zero-order valence-electron chi connectivity index (χ0n) is 12.6. The van der Waals surface area contributed by atoms with Crippen LogP contribution in [-0.2, 0) is 4.79 Å². The number of piperidine rings is 1. The number of aliphatic hydroxyl groups is 2. The summed E-state index contributed by atoms with van der Waals surface area (Å²) in [6.07, 6.45) is 1.14. The van der Waals surface area contributed by atoms with Crippen molar-refractivity contribution in [2.75, 3.05) is 19.7 Å². The predicted octanol–water partition coefficient (Wildman–Crippen LogP) is 1.24. The molecule has 5 nitrogen and oxygen atoms in total. The van der Waals surface area contributed by atoms with E-state index in [1.54, 1.807) is 17.0 Å². The quantitative estimate of drug-likeness (QED) is 0.775. The van der Waals surface area contributed by atoms with Gasteiger partial charge in [0.1, 0.15) is 0 Å². The van der Waals surface area contributed by atoms with Crippen LogP contribution in [0.15, 0.2) is 30.3 Å². The van der Waals surface area contributed by atoms with Gasteiger partial charge in [0.05, 0.1) is 6.10 Å². The molecule has 0 radical (unpaired) electrons. The Kier molecular flexibility index (Phi) is 6.10. The Labute approximate surface area is 130 Å². The van der Waals surface area contributed by atoms with Gasteiger partial charge >= 0.3 is 0 Å². The second-order valence-electron chi connectivity index (χ2n) is 5.78. The van der Waals surface area contributed by atoms with E-state index in [1.807, 2.05) is 18.2 Å². The molecule has 1 aromatic rings. The number of ketones is 1. The van der Waals surface area contributed by atoms with Gasteiger partial charge in [-0.1, -0.05) is 30.3 Å². The maximum Gasteiger partial charge on any atom is 0.222 e. The van der Waals surface area contributed by atoms with Crippen molar-refractivity contribution in [1.82, 2.24) is 4.90 Å². The second kappa shape index (κ2) is 8.06. The van der Waals surface area contributed by atoms with E-state index in [4.69, 9.17) is 5.11 Å². The molecule has 22 heavy (non-hydrogen) atoms. The molecule has 120 valence electrons. The van der Waals surface area contributed by atoms with Crippen molar-refractivity contribution >= 4 is 11.7 Å². The van der Waals surface area contributed by atoms with Crippen molar-refractivity contribution in [3.63, 3.8) is 0 Å². The number of rotatable bonds is 6. The zero-order chi connectivity index (χ0) is 15.9. The second-order valence-corrected chi connectivity index (χ2v) is 5.78. The highest BCUT2D eigenvalue weighted by Gasteiger charge is 2.29. The number of carbonyl (C=O) groups is 2. The lowest BCUT2D eigenvalue weighted by molar-refractivity contribution is -0.136. The molecule has 0 aromatic heterocycles. The molecule has 1 heterocycles. The van der Waals surface area contributed by atoms with E-state index < -0.39 is 6.10 Å². The smallest absolute Gasteiger partial charge is 0.222 e. The summed E-state index contributed by atoms with van der Waals surface area (Å²) >= 11 is 0. The van der Waals surface area contributed by atoms with Crippen LogP contribution in [0, 0.1) is 5.92 Å². The number of nitrogens with zero attached hydrogens (tertiary/aromatic N) is 1. The number of aliphatic hydroxyl groups excluding tert-OH is 2. The van der Waals surface area contributed by atoms with E-state index in [-0.39, 0.29) is 30.8 Å². The molecule has 0 spiro atoms. The van der Waals surface area contributed by atoms with Gasteiger partial charge in [-0.3, -0.25) is 9.59 Å². The van der Waals surface area contributed by atoms with Gasteiger partial charge in [0.2, 0.25) is 5.91 Å². The van der Waals surface area contributed by atoms with Crippen LogP contribution in [0.1, 0.15) is 36.0 Å². The molecule has 1 aromatic carbocycles. The molecule has 2 N–H and O–H groups in total. The van der Waals surface area contributed by atoms with Gasteiger partial charge in [-0.25, -0.2) is 0 Å². The third kappa shape index (κ3) is 4.39. The van der Waals surface area contributed by atoms with E-state index in [1.165, 1.54) is 0 Å². The standard InChI is InChI=1S/C17H23NO4/c19-12-14-9-10-18(11-16(14)21)17(22)8-4-7-15(20)13-5-2-1-3-6-13/h1-3,5-6,14,16,19,21H,4,7-12H2/t14-,16+/m0/s1. The Bertz CT molecular complexity index is 503. The van der Waals surface area contributed by atoms with E-state index in [0.29, 0.717) is 37.8 Å². The summed E-state index contributed by atoms with van der Waals surface area (Å²) in [5.74, 6) is -0.118. The molecule has 0 bridgehead atoms. The minimum Gasteiger partial charge on any atom is -0.396 e. The number of likely N-dealkylation sites (tertiary alicyclic amines) is 1. The highest BCUT2D eigenvalue weighted by molar-refractivity contribution is 5.96. The number of amides is 1. The normalized spacial score (nSPS) is 21.6. The molecule has 1 aliphatic rings. The summed E-state index contributed by atoms with van der Waals surface area (Å²) in [6.45, 7) is 0.791. The molecular weight excluding hydrogens is 282 g/mol. The summed E-state index contributed by atoms with van der Waals surface area (Å²) in [5, 5.41) is 18.9. The van der Waals surface area contributed by atoms with Crippen LogP contribution in [0.25, 0.3) is 0 Å². The van der Waals surface area contributed by atoms with E-state index in [2.05, 4.69) is 0 Å². The number of β-amino-alcohol motifs (C(OH)–C–C–N with tert-alkyl or cyclic N) is 1. The first-order chi connectivity index (χ1) is 10.6. The van der Waals surface area contributed by atoms with Gasteiger partial charge in [-0.15, -0.1) is 0 Å². The molecule has 0 unspecified atom stereocenters. The fraction of sp³-hybridized carbons (Fsp3) is 0.529. The van der Waals surface area contributed by atoms with Gasteiger partial charge < -0.3 is 15.1 Å². The van der Waals surface area contributed by atoms with Crippen LogP contribution < -0.4 is 0 Å². The summed E-state index contributed by atoms with van der Waals surface area (Å²) < 4.78 is 0. The summed E-state index contributed by atoms with van der Waals surface area (Å²) in [4.78, 5) is 25.7. The van der Waals surface area contributed by atoms with Crippen molar-refractivity contribution in [1.29, 1.82) is 0 Å². The first kappa shape index (κ1) is 16.6. The molecule has 2 atom stereocenters. The van der Waals surface area contributed by atoms with Crippen molar-refractivity contribution in [3.8, 4) is 0 Å². The number of hydrogen-bond donors (Lipinski definition) is 2. The lowest BCUT2D eigenvalue weighted by atomic mass is 9.94. The van der Waals surface area contributed by atoms with E-state index in [0.717, 1.165) is 0 Å². The zero-order valence-corrected chi connectivity index (χ0v) is 12.6. The first-order valence-electron chi connectivity index (χ1n) is 7.76. The van der Waals surface area contributed by atoms with Crippen LogP contribution in [0.2, 0.25) is 0 Å². The first-order valence-corrected chi connectivity index (χ1v) is 7.76. The largest absolute Gasteiger partial charge is 0.396 e. The molecule has 0 saturated carbocycles. The molecule has 5 heteroatoms. The van der Waals surface area contributed by atoms with Crippen LogP contribution >= 0.6 is 0 Å². The molecule has 1 saturated heterocycles. The predicted molar refractivity (Wildman–Crippen MR) is 82.4 cm³/mol. The Morgan fingerprint density at radius 2 is 1.91 bits per heavy atom. The maximum absolute atomic E-state index is 12.1. The lowest BCUT2D eigenvalue weighted by Crippen LogP contribution is -2.47. The highest BCUT2D eigenvalue weighted by Crippen LogP contribution is 2.18. The fourth-order valence-corrected chi connectivity index (χ4v) is 2.75. The SMILES string of the molecule is O=C(CCCC(=O)N1CC[C@@H](CO)[C@H](O)C1)c1ccccc1. The van der Waals surface area contributed by atoms with Gasteiger partial charge in [0.25, 0.3) is 0 Å². The van der Waals surface area contributed by atoms with Crippen molar-refractivity contribution in [2.24, 2.45) is 5.92 Å². The average molecular weight is 305 g/mol. The van der Waals surface area contributed by atoms with Gasteiger partial charge in [0.15, 0.2) is 5.78 Å².